The third-order valence-corrected chi connectivity index (χ3v) is 5.43. The van der Waals surface area contributed by atoms with Gasteiger partial charge in [0.2, 0.25) is 0 Å². The van der Waals surface area contributed by atoms with Crippen LogP contribution in [0.2, 0.25) is 0 Å². The lowest BCUT2D eigenvalue weighted by Crippen LogP contribution is -2.37. The van der Waals surface area contributed by atoms with Crippen molar-refractivity contribution in [1.29, 1.82) is 0 Å². The Balaban J connectivity index is 1.88. The number of hydrogen-bond donors (Lipinski definition) is 1. The molecule has 1 aliphatic rings. The minimum Gasteiger partial charge on any atom is -0.377 e. The van der Waals surface area contributed by atoms with E-state index in [9.17, 15) is 8.42 Å². The predicted octanol–water partition coefficient (Wildman–Crippen LogP) is 1.89. The molecule has 0 saturated carbocycles. The second-order valence-electron chi connectivity index (χ2n) is 5.21. The molecule has 0 unspecified atom stereocenters. The average Bonchev–Trinajstić information content (AvgIpc) is 2.45. The lowest BCUT2D eigenvalue weighted by molar-refractivity contribution is 0.133. The van der Waals surface area contributed by atoms with Gasteiger partial charge in [0.15, 0.2) is 0 Å². The summed E-state index contributed by atoms with van der Waals surface area (Å²) in [6, 6.07) is 8.53. The number of ether oxygens (including phenoxy) is 1. The molecule has 1 aliphatic heterocycles. The Labute approximate surface area is 121 Å². The van der Waals surface area contributed by atoms with Crippen LogP contribution in [0.15, 0.2) is 24.3 Å². The van der Waals surface area contributed by atoms with Gasteiger partial charge in [0.1, 0.15) is 9.84 Å². The average molecular weight is 297 g/mol. The molecule has 1 aromatic carbocycles. The molecule has 1 N–H and O–H groups in total. The minimum atomic E-state index is -2.78. The van der Waals surface area contributed by atoms with Gasteiger partial charge in [0, 0.05) is 19.2 Å². The van der Waals surface area contributed by atoms with E-state index in [2.05, 4.69) is 17.4 Å². The molecular formula is C15H23NO3S. The first-order chi connectivity index (χ1) is 9.61. The normalized spacial score (nSPS) is 19.1. The molecule has 0 aliphatic carbocycles. The van der Waals surface area contributed by atoms with Crippen molar-refractivity contribution in [3.63, 3.8) is 0 Å². The molecule has 4 nitrogen and oxygen atoms in total. The van der Waals surface area contributed by atoms with E-state index in [1.54, 1.807) is 0 Å². The van der Waals surface area contributed by atoms with Crippen molar-refractivity contribution >= 4 is 9.84 Å². The lowest BCUT2D eigenvalue weighted by atomic mass is 10.1. The van der Waals surface area contributed by atoms with Crippen LogP contribution in [0.3, 0.4) is 0 Å². The molecule has 1 fully saturated rings. The van der Waals surface area contributed by atoms with Gasteiger partial charge in [0.25, 0.3) is 0 Å². The predicted molar refractivity (Wildman–Crippen MR) is 80.3 cm³/mol. The summed E-state index contributed by atoms with van der Waals surface area (Å²) in [4.78, 5) is 0. The molecule has 2 rings (SSSR count). The van der Waals surface area contributed by atoms with E-state index in [1.165, 1.54) is 11.1 Å². The van der Waals surface area contributed by atoms with Crippen LogP contribution in [-0.2, 0) is 27.7 Å². The molecule has 112 valence electrons. The Bertz CT molecular complexity index is 514. The Morgan fingerprint density at radius 1 is 1.20 bits per heavy atom. The maximum atomic E-state index is 11.4. The second-order valence-corrected chi connectivity index (χ2v) is 7.52. The summed E-state index contributed by atoms with van der Waals surface area (Å²) in [7, 11) is -2.78. The third kappa shape index (κ3) is 4.58. The van der Waals surface area contributed by atoms with Gasteiger partial charge in [-0.2, -0.15) is 0 Å². The van der Waals surface area contributed by atoms with Gasteiger partial charge in [-0.3, -0.25) is 0 Å². The van der Waals surface area contributed by atoms with E-state index in [0.717, 1.165) is 19.4 Å². The van der Waals surface area contributed by atoms with Crippen LogP contribution in [0.5, 0.6) is 0 Å². The Kier molecular flexibility index (Phi) is 5.57. The second kappa shape index (κ2) is 7.20. The minimum absolute atomic E-state index is 0.304. The van der Waals surface area contributed by atoms with Crippen LogP contribution in [0, 0.1) is 0 Å². The SMILES string of the molecule is CCOCc1ccccc1CNC1CCS(=O)(=O)CC1. The molecule has 5 heteroatoms. The van der Waals surface area contributed by atoms with Gasteiger partial charge in [-0.1, -0.05) is 24.3 Å². The maximum absolute atomic E-state index is 11.4. The number of hydrogen-bond acceptors (Lipinski definition) is 4. The highest BCUT2D eigenvalue weighted by molar-refractivity contribution is 7.91. The van der Waals surface area contributed by atoms with E-state index in [1.807, 2.05) is 19.1 Å². The van der Waals surface area contributed by atoms with Gasteiger partial charge in [0.05, 0.1) is 18.1 Å². The van der Waals surface area contributed by atoms with Crippen molar-refractivity contribution in [2.75, 3.05) is 18.1 Å². The molecule has 0 aromatic heterocycles. The first kappa shape index (κ1) is 15.5. The molecule has 0 radical (unpaired) electrons. The summed E-state index contributed by atoms with van der Waals surface area (Å²) in [6.07, 6.45) is 1.44. The van der Waals surface area contributed by atoms with Crippen LogP contribution in [-0.4, -0.2) is 32.6 Å². The molecule has 1 saturated heterocycles. The zero-order valence-electron chi connectivity index (χ0n) is 12.0. The van der Waals surface area contributed by atoms with Crippen molar-refractivity contribution < 1.29 is 13.2 Å². The van der Waals surface area contributed by atoms with Gasteiger partial charge in [-0.05, 0) is 30.9 Å². The fraction of sp³-hybridized carbons (Fsp3) is 0.600. The highest BCUT2D eigenvalue weighted by atomic mass is 32.2. The van der Waals surface area contributed by atoms with Crippen molar-refractivity contribution in [3.8, 4) is 0 Å². The zero-order valence-corrected chi connectivity index (χ0v) is 12.8. The monoisotopic (exact) mass is 297 g/mol. The summed E-state index contributed by atoms with van der Waals surface area (Å²) >= 11 is 0. The van der Waals surface area contributed by atoms with Crippen molar-refractivity contribution in [2.24, 2.45) is 0 Å². The molecule has 0 amide bonds. The number of rotatable bonds is 6. The van der Waals surface area contributed by atoms with Crippen LogP contribution in [0.1, 0.15) is 30.9 Å². The van der Waals surface area contributed by atoms with Gasteiger partial charge >= 0.3 is 0 Å². The van der Waals surface area contributed by atoms with Crippen molar-refractivity contribution in [3.05, 3.63) is 35.4 Å². The summed E-state index contributed by atoms with van der Waals surface area (Å²) in [5.41, 5.74) is 2.43. The quantitative estimate of drug-likeness (QED) is 0.871. The Morgan fingerprint density at radius 3 is 2.50 bits per heavy atom. The Hall–Kier alpha value is -0.910. The van der Waals surface area contributed by atoms with Crippen LogP contribution < -0.4 is 5.32 Å². The van der Waals surface area contributed by atoms with E-state index < -0.39 is 9.84 Å². The van der Waals surface area contributed by atoms with Gasteiger partial charge < -0.3 is 10.1 Å². The van der Waals surface area contributed by atoms with Gasteiger partial charge in [-0.25, -0.2) is 8.42 Å². The van der Waals surface area contributed by atoms with E-state index in [-0.39, 0.29) is 0 Å². The van der Waals surface area contributed by atoms with E-state index in [0.29, 0.717) is 30.8 Å². The van der Waals surface area contributed by atoms with Gasteiger partial charge in [-0.15, -0.1) is 0 Å². The van der Waals surface area contributed by atoms with E-state index in [4.69, 9.17) is 4.74 Å². The zero-order chi connectivity index (χ0) is 14.4. The first-order valence-electron chi connectivity index (χ1n) is 7.19. The van der Waals surface area contributed by atoms with E-state index >= 15 is 0 Å². The summed E-state index contributed by atoms with van der Waals surface area (Å²) in [5, 5.41) is 3.47. The Morgan fingerprint density at radius 2 is 1.85 bits per heavy atom. The molecule has 0 bridgehead atoms. The van der Waals surface area contributed by atoms with Crippen molar-refractivity contribution in [2.45, 2.75) is 39.0 Å². The standard InChI is InChI=1S/C15H23NO3S/c1-2-19-12-14-6-4-3-5-13(14)11-16-15-7-9-20(17,18)10-8-15/h3-6,15-16H,2,7-12H2,1H3. The van der Waals surface area contributed by atoms with Crippen molar-refractivity contribution in [1.82, 2.24) is 5.32 Å². The summed E-state index contributed by atoms with van der Waals surface area (Å²) < 4.78 is 28.3. The fourth-order valence-electron chi connectivity index (χ4n) is 2.43. The topological polar surface area (TPSA) is 55.4 Å². The van der Waals surface area contributed by atoms with Crippen LogP contribution in [0.4, 0.5) is 0 Å². The number of nitrogens with one attached hydrogen (secondary N) is 1. The van der Waals surface area contributed by atoms with Crippen LogP contribution >= 0.6 is 0 Å². The summed E-state index contributed by atoms with van der Waals surface area (Å²) in [6.45, 7) is 4.10. The number of benzene rings is 1. The maximum Gasteiger partial charge on any atom is 0.150 e. The third-order valence-electron chi connectivity index (χ3n) is 3.72. The molecule has 20 heavy (non-hydrogen) atoms. The first-order valence-corrected chi connectivity index (χ1v) is 9.01. The fourth-order valence-corrected chi connectivity index (χ4v) is 3.92. The molecule has 0 spiro atoms. The molecule has 1 heterocycles. The lowest BCUT2D eigenvalue weighted by Gasteiger charge is -2.23. The highest BCUT2D eigenvalue weighted by Gasteiger charge is 2.23. The number of sulfone groups is 1. The smallest absolute Gasteiger partial charge is 0.150 e. The van der Waals surface area contributed by atoms with Crippen LogP contribution in [0.25, 0.3) is 0 Å². The molecule has 0 atom stereocenters. The summed E-state index contributed by atoms with van der Waals surface area (Å²) in [5.74, 6) is 0.622. The highest BCUT2D eigenvalue weighted by Crippen LogP contribution is 2.15. The molecule has 1 aromatic rings. The molecular weight excluding hydrogens is 274 g/mol. The largest absolute Gasteiger partial charge is 0.377 e.